The van der Waals surface area contributed by atoms with Gasteiger partial charge in [0.2, 0.25) is 0 Å². The SMILES string of the molecule is CCOC(=O)N1CCc2c([nH]c3ccc(Cl)cc23)C1c1ccc(OCCC(O)Cn2cncn2)cc1. The maximum atomic E-state index is 12.9. The first-order valence-corrected chi connectivity index (χ1v) is 12.4. The van der Waals surface area contributed by atoms with Gasteiger partial charge >= 0.3 is 6.09 Å². The van der Waals surface area contributed by atoms with E-state index in [1.54, 1.807) is 15.9 Å². The molecule has 5 rings (SSSR count). The third-order valence-electron chi connectivity index (χ3n) is 6.37. The van der Waals surface area contributed by atoms with E-state index < -0.39 is 6.10 Å². The Balaban J connectivity index is 1.34. The molecule has 0 saturated heterocycles. The van der Waals surface area contributed by atoms with Gasteiger partial charge in [-0.3, -0.25) is 9.58 Å². The normalized spacial score (nSPS) is 16.1. The molecule has 2 aromatic heterocycles. The smallest absolute Gasteiger partial charge is 0.410 e. The summed E-state index contributed by atoms with van der Waals surface area (Å²) < 4.78 is 12.8. The van der Waals surface area contributed by atoms with E-state index in [9.17, 15) is 9.90 Å². The maximum Gasteiger partial charge on any atom is 0.410 e. The summed E-state index contributed by atoms with van der Waals surface area (Å²) in [4.78, 5) is 22.0. The predicted molar refractivity (Wildman–Crippen MR) is 135 cm³/mol. The lowest BCUT2D eigenvalue weighted by Crippen LogP contribution is -2.40. The number of rotatable bonds is 8. The van der Waals surface area contributed by atoms with Gasteiger partial charge in [-0.25, -0.2) is 9.78 Å². The van der Waals surface area contributed by atoms with Crippen LogP contribution in [0.15, 0.2) is 55.1 Å². The second-order valence-corrected chi connectivity index (χ2v) is 9.17. The summed E-state index contributed by atoms with van der Waals surface area (Å²) in [6, 6.07) is 13.2. The fourth-order valence-electron chi connectivity index (χ4n) is 4.70. The molecule has 2 aromatic carbocycles. The number of halogens is 1. The topological polar surface area (TPSA) is 106 Å². The summed E-state index contributed by atoms with van der Waals surface area (Å²) in [5.41, 5.74) is 4.07. The number of aromatic nitrogens is 4. The fourth-order valence-corrected chi connectivity index (χ4v) is 4.88. The molecule has 10 heteroatoms. The fraction of sp³-hybridized carbons (Fsp3) is 0.346. The molecular weight excluding hydrogens is 482 g/mol. The minimum absolute atomic E-state index is 0.312. The number of amides is 1. The zero-order valence-corrected chi connectivity index (χ0v) is 20.7. The molecule has 0 bridgehead atoms. The Morgan fingerprint density at radius 2 is 2.11 bits per heavy atom. The summed E-state index contributed by atoms with van der Waals surface area (Å²) >= 11 is 6.27. The van der Waals surface area contributed by atoms with Crippen LogP contribution in [0.3, 0.4) is 0 Å². The molecule has 4 aromatic rings. The number of fused-ring (bicyclic) bond motifs is 3. The maximum absolute atomic E-state index is 12.9. The number of aromatic amines is 1. The minimum Gasteiger partial charge on any atom is -0.493 e. The quantitative estimate of drug-likeness (QED) is 0.366. The van der Waals surface area contributed by atoms with Crippen molar-refractivity contribution in [1.29, 1.82) is 0 Å². The van der Waals surface area contributed by atoms with Crippen LogP contribution < -0.4 is 4.74 Å². The number of carbonyl (C=O) groups is 1. The molecule has 1 amide bonds. The Morgan fingerprint density at radius 3 is 2.86 bits per heavy atom. The van der Waals surface area contributed by atoms with Crippen molar-refractivity contribution in [3.05, 3.63) is 77.0 Å². The van der Waals surface area contributed by atoms with Crippen LogP contribution in [0.2, 0.25) is 5.02 Å². The molecule has 2 unspecified atom stereocenters. The van der Waals surface area contributed by atoms with Crippen LogP contribution in [-0.4, -0.2) is 61.7 Å². The first kappa shape index (κ1) is 24.1. The molecule has 9 nitrogen and oxygen atoms in total. The number of aliphatic hydroxyl groups is 1. The molecule has 0 radical (unpaired) electrons. The third-order valence-corrected chi connectivity index (χ3v) is 6.61. The molecule has 2 N–H and O–H groups in total. The number of hydrogen-bond donors (Lipinski definition) is 2. The molecule has 0 spiro atoms. The van der Waals surface area contributed by atoms with E-state index in [4.69, 9.17) is 21.1 Å². The van der Waals surface area contributed by atoms with Gasteiger partial charge in [-0.1, -0.05) is 23.7 Å². The van der Waals surface area contributed by atoms with E-state index in [2.05, 4.69) is 15.1 Å². The highest BCUT2D eigenvalue weighted by Gasteiger charge is 2.35. The Hall–Kier alpha value is -3.56. The van der Waals surface area contributed by atoms with E-state index in [-0.39, 0.29) is 12.1 Å². The lowest BCUT2D eigenvalue weighted by molar-refractivity contribution is 0.0932. The summed E-state index contributed by atoms with van der Waals surface area (Å²) in [5.74, 6) is 0.689. The number of hydrogen-bond acceptors (Lipinski definition) is 6. The molecule has 1 aliphatic rings. The molecule has 188 valence electrons. The summed E-state index contributed by atoms with van der Waals surface area (Å²) in [5, 5.41) is 15.9. The molecule has 1 aliphatic heterocycles. The van der Waals surface area contributed by atoms with Crippen molar-refractivity contribution in [3.63, 3.8) is 0 Å². The molecule has 0 saturated carbocycles. The molecule has 3 heterocycles. The molecule has 0 aliphatic carbocycles. The van der Waals surface area contributed by atoms with Gasteiger partial charge in [0.1, 0.15) is 24.4 Å². The van der Waals surface area contributed by atoms with Crippen LogP contribution in [0, 0.1) is 0 Å². The van der Waals surface area contributed by atoms with Gasteiger partial charge in [0.05, 0.1) is 25.9 Å². The number of H-pyrrole nitrogens is 1. The lowest BCUT2D eigenvalue weighted by Gasteiger charge is -2.35. The monoisotopic (exact) mass is 509 g/mol. The average molecular weight is 510 g/mol. The number of carbonyl (C=O) groups excluding carboxylic acids is 1. The predicted octanol–water partition coefficient (Wildman–Crippen LogP) is 4.35. The van der Waals surface area contributed by atoms with Crippen LogP contribution >= 0.6 is 11.6 Å². The minimum atomic E-state index is -0.583. The Bertz CT molecular complexity index is 1320. The van der Waals surface area contributed by atoms with Crippen molar-refractivity contribution in [3.8, 4) is 5.75 Å². The van der Waals surface area contributed by atoms with Gasteiger partial charge in [0.15, 0.2) is 0 Å². The Morgan fingerprint density at radius 1 is 1.28 bits per heavy atom. The molecule has 0 fully saturated rings. The van der Waals surface area contributed by atoms with Crippen LogP contribution in [0.1, 0.15) is 36.2 Å². The molecular formula is C26H28ClN5O4. The average Bonchev–Trinajstić information content (AvgIpc) is 3.51. The zero-order valence-electron chi connectivity index (χ0n) is 19.9. The summed E-state index contributed by atoms with van der Waals surface area (Å²) in [6.07, 6.45) is 3.26. The van der Waals surface area contributed by atoms with Crippen LogP contribution in [0.25, 0.3) is 10.9 Å². The van der Waals surface area contributed by atoms with Crippen molar-refractivity contribution < 1.29 is 19.4 Å². The molecule has 36 heavy (non-hydrogen) atoms. The van der Waals surface area contributed by atoms with Gasteiger partial charge in [0.25, 0.3) is 0 Å². The zero-order chi connectivity index (χ0) is 25.1. The van der Waals surface area contributed by atoms with Crippen molar-refractivity contribution in [1.82, 2.24) is 24.6 Å². The van der Waals surface area contributed by atoms with E-state index >= 15 is 0 Å². The van der Waals surface area contributed by atoms with Crippen LogP contribution in [0.5, 0.6) is 5.75 Å². The van der Waals surface area contributed by atoms with Crippen molar-refractivity contribution in [2.75, 3.05) is 19.8 Å². The van der Waals surface area contributed by atoms with E-state index in [0.29, 0.717) is 49.9 Å². The van der Waals surface area contributed by atoms with E-state index in [1.807, 2.05) is 49.4 Å². The highest BCUT2D eigenvalue weighted by atomic mass is 35.5. The third kappa shape index (κ3) is 5.03. The van der Waals surface area contributed by atoms with E-state index in [1.165, 1.54) is 11.9 Å². The standard InChI is InChI=1S/C26H28ClN5O4/c1-2-35-26(34)32-11-9-21-22-13-18(27)5-8-23(22)30-24(21)25(32)17-3-6-20(7-4-17)36-12-10-19(33)14-31-16-28-15-29-31/h3-8,13,15-16,19,25,30,33H,2,9-12,14H2,1H3. The van der Waals surface area contributed by atoms with Gasteiger partial charge in [-0.2, -0.15) is 5.10 Å². The molecule has 2 atom stereocenters. The number of benzene rings is 2. The van der Waals surface area contributed by atoms with E-state index in [0.717, 1.165) is 22.2 Å². The van der Waals surface area contributed by atoms with Gasteiger partial charge in [0, 0.05) is 34.6 Å². The number of ether oxygens (including phenoxy) is 2. The number of nitrogens with zero attached hydrogens (tertiary/aromatic N) is 4. The first-order valence-electron chi connectivity index (χ1n) is 12.0. The Labute approximate surface area is 213 Å². The van der Waals surface area contributed by atoms with Crippen LogP contribution in [0.4, 0.5) is 4.79 Å². The Kier molecular flexibility index (Phi) is 7.11. The largest absolute Gasteiger partial charge is 0.493 e. The number of nitrogens with one attached hydrogen (secondary N) is 1. The van der Waals surface area contributed by atoms with Crippen molar-refractivity contribution >= 4 is 28.6 Å². The van der Waals surface area contributed by atoms with Crippen molar-refractivity contribution in [2.45, 2.75) is 38.5 Å². The highest BCUT2D eigenvalue weighted by molar-refractivity contribution is 6.31. The van der Waals surface area contributed by atoms with Gasteiger partial charge in [-0.15, -0.1) is 0 Å². The van der Waals surface area contributed by atoms with Gasteiger partial charge in [-0.05, 0) is 54.8 Å². The highest BCUT2D eigenvalue weighted by Crippen LogP contribution is 2.39. The summed E-state index contributed by atoms with van der Waals surface area (Å²) in [7, 11) is 0. The lowest BCUT2D eigenvalue weighted by atomic mass is 9.92. The first-order chi connectivity index (χ1) is 17.5. The second-order valence-electron chi connectivity index (χ2n) is 8.73. The van der Waals surface area contributed by atoms with Gasteiger partial charge < -0.3 is 19.6 Å². The second kappa shape index (κ2) is 10.6. The summed E-state index contributed by atoms with van der Waals surface area (Å²) in [6.45, 7) is 3.39. The van der Waals surface area contributed by atoms with Crippen molar-refractivity contribution in [2.24, 2.45) is 0 Å². The number of aliphatic hydroxyl groups excluding tert-OH is 1. The van der Waals surface area contributed by atoms with Crippen LogP contribution in [-0.2, 0) is 17.7 Å².